The SMILES string of the molecule is Cn1ccnc1CNc1ccc(SC(F)F)cc1. The number of nitrogens with zero attached hydrogens (tertiary/aromatic N) is 2. The smallest absolute Gasteiger partial charge is 0.288 e. The number of anilines is 1. The van der Waals surface area contributed by atoms with Crippen molar-refractivity contribution in [1.29, 1.82) is 0 Å². The van der Waals surface area contributed by atoms with Gasteiger partial charge in [0.15, 0.2) is 0 Å². The summed E-state index contributed by atoms with van der Waals surface area (Å²) in [6, 6.07) is 6.93. The van der Waals surface area contributed by atoms with E-state index in [0.29, 0.717) is 23.2 Å². The molecule has 3 nitrogen and oxygen atoms in total. The monoisotopic (exact) mass is 269 g/mol. The number of rotatable bonds is 5. The van der Waals surface area contributed by atoms with Gasteiger partial charge in [-0.2, -0.15) is 8.78 Å². The molecule has 0 aliphatic rings. The first-order chi connectivity index (χ1) is 8.65. The van der Waals surface area contributed by atoms with E-state index in [0.717, 1.165) is 11.5 Å². The van der Waals surface area contributed by atoms with Crippen molar-refractivity contribution in [3.8, 4) is 0 Å². The van der Waals surface area contributed by atoms with Crippen LogP contribution < -0.4 is 5.32 Å². The molecule has 0 aliphatic carbocycles. The Hall–Kier alpha value is -1.56. The van der Waals surface area contributed by atoms with Gasteiger partial charge in [0.2, 0.25) is 0 Å². The molecule has 0 bridgehead atoms. The molecule has 1 aromatic carbocycles. The number of benzene rings is 1. The van der Waals surface area contributed by atoms with Gasteiger partial charge in [-0.1, -0.05) is 11.8 Å². The van der Waals surface area contributed by atoms with E-state index in [1.54, 1.807) is 30.5 Å². The van der Waals surface area contributed by atoms with Gasteiger partial charge in [0, 0.05) is 30.0 Å². The predicted octanol–water partition coefficient (Wildman–Crippen LogP) is 3.35. The molecule has 6 heteroatoms. The third kappa shape index (κ3) is 3.46. The maximum Gasteiger partial charge on any atom is 0.288 e. The number of hydrogen-bond acceptors (Lipinski definition) is 3. The zero-order valence-electron chi connectivity index (χ0n) is 9.81. The van der Waals surface area contributed by atoms with E-state index in [1.807, 2.05) is 17.8 Å². The van der Waals surface area contributed by atoms with Crippen LogP contribution in [0.15, 0.2) is 41.6 Å². The largest absolute Gasteiger partial charge is 0.378 e. The van der Waals surface area contributed by atoms with Crippen LogP contribution in [0.1, 0.15) is 5.82 Å². The molecule has 0 spiro atoms. The topological polar surface area (TPSA) is 29.9 Å². The summed E-state index contributed by atoms with van der Waals surface area (Å²) in [5.41, 5.74) is 0.886. The van der Waals surface area contributed by atoms with E-state index in [2.05, 4.69) is 10.3 Å². The number of aromatic nitrogens is 2. The van der Waals surface area contributed by atoms with Crippen LogP contribution in [0.4, 0.5) is 14.5 Å². The number of imidazole rings is 1. The summed E-state index contributed by atoms with van der Waals surface area (Å²) in [5.74, 6) is -1.46. The van der Waals surface area contributed by atoms with E-state index in [1.165, 1.54) is 0 Å². The van der Waals surface area contributed by atoms with Crippen LogP contribution in [-0.4, -0.2) is 15.3 Å². The molecule has 2 rings (SSSR count). The summed E-state index contributed by atoms with van der Waals surface area (Å²) in [4.78, 5) is 4.75. The molecule has 18 heavy (non-hydrogen) atoms. The molecule has 0 atom stereocenters. The highest BCUT2D eigenvalue weighted by Gasteiger charge is 2.05. The minimum absolute atomic E-state index is 0.548. The molecule has 1 aromatic heterocycles. The first-order valence-corrected chi connectivity index (χ1v) is 6.28. The standard InChI is InChI=1S/C12H13F2N3S/c1-17-7-6-15-11(17)8-16-9-2-4-10(5-3-9)18-12(13)14/h2-7,12,16H,8H2,1H3. The van der Waals surface area contributed by atoms with Crippen molar-refractivity contribution in [3.63, 3.8) is 0 Å². The van der Waals surface area contributed by atoms with E-state index < -0.39 is 5.76 Å². The number of halogens is 2. The molecule has 0 aliphatic heterocycles. The first kappa shape index (κ1) is 12.9. The lowest BCUT2D eigenvalue weighted by Gasteiger charge is -2.07. The third-order valence-corrected chi connectivity index (χ3v) is 3.17. The lowest BCUT2D eigenvalue weighted by atomic mass is 10.3. The summed E-state index contributed by atoms with van der Waals surface area (Å²) >= 11 is 0.548. The second kappa shape index (κ2) is 5.86. The van der Waals surface area contributed by atoms with Gasteiger partial charge in [-0.3, -0.25) is 0 Å². The zero-order valence-corrected chi connectivity index (χ0v) is 10.6. The van der Waals surface area contributed by atoms with Crippen molar-refractivity contribution in [2.24, 2.45) is 7.05 Å². The van der Waals surface area contributed by atoms with Crippen molar-refractivity contribution >= 4 is 17.4 Å². The molecule has 1 N–H and O–H groups in total. The van der Waals surface area contributed by atoms with Crippen molar-refractivity contribution in [3.05, 3.63) is 42.5 Å². The van der Waals surface area contributed by atoms with Crippen LogP contribution >= 0.6 is 11.8 Å². The van der Waals surface area contributed by atoms with Crippen LogP contribution in [0.3, 0.4) is 0 Å². The number of thioether (sulfide) groups is 1. The van der Waals surface area contributed by atoms with E-state index in [4.69, 9.17) is 0 Å². The van der Waals surface area contributed by atoms with E-state index in [-0.39, 0.29) is 0 Å². The van der Waals surface area contributed by atoms with Crippen molar-refractivity contribution < 1.29 is 8.78 Å². The number of aryl methyl sites for hydroxylation is 1. The van der Waals surface area contributed by atoms with Gasteiger partial charge < -0.3 is 9.88 Å². The van der Waals surface area contributed by atoms with Crippen LogP contribution in [0.2, 0.25) is 0 Å². The summed E-state index contributed by atoms with van der Waals surface area (Å²) in [7, 11) is 1.92. The lowest BCUT2D eigenvalue weighted by molar-refractivity contribution is 0.252. The Morgan fingerprint density at radius 3 is 2.61 bits per heavy atom. The number of alkyl halides is 2. The molecular formula is C12H13F2N3S. The van der Waals surface area contributed by atoms with Crippen molar-refractivity contribution in [2.45, 2.75) is 17.2 Å². The molecule has 0 unspecified atom stereocenters. The Bertz CT molecular complexity index is 496. The van der Waals surface area contributed by atoms with Gasteiger partial charge in [0.05, 0.1) is 6.54 Å². The van der Waals surface area contributed by atoms with Gasteiger partial charge in [-0.05, 0) is 24.3 Å². The van der Waals surface area contributed by atoms with Gasteiger partial charge in [-0.15, -0.1) is 0 Å². The third-order valence-electron chi connectivity index (χ3n) is 2.45. The Kier molecular flexibility index (Phi) is 4.19. The highest BCUT2D eigenvalue weighted by atomic mass is 32.2. The first-order valence-electron chi connectivity index (χ1n) is 5.40. The molecule has 96 valence electrons. The van der Waals surface area contributed by atoms with Crippen LogP contribution in [-0.2, 0) is 13.6 Å². The average molecular weight is 269 g/mol. The van der Waals surface area contributed by atoms with Crippen molar-refractivity contribution in [1.82, 2.24) is 9.55 Å². The number of hydrogen-bond donors (Lipinski definition) is 1. The summed E-state index contributed by atoms with van der Waals surface area (Å²) in [5, 5.41) is 3.19. The molecule has 0 radical (unpaired) electrons. The van der Waals surface area contributed by atoms with E-state index >= 15 is 0 Å². The van der Waals surface area contributed by atoms with Gasteiger partial charge in [0.1, 0.15) is 5.82 Å². The fourth-order valence-electron chi connectivity index (χ4n) is 1.50. The van der Waals surface area contributed by atoms with Gasteiger partial charge >= 0.3 is 0 Å². The summed E-state index contributed by atoms with van der Waals surface area (Å²) < 4.78 is 26.2. The second-order valence-corrected chi connectivity index (χ2v) is 4.77. The lowest BCUT2D eigenvalue weighted by Crippen LogP contribution is -2.05. The van der Waals surface area contributed by atoms with Gasteiger partial charge in [-0.25, -0.2) is 4.98 Å². The molecule has 0 saturated heterocycles. The Labute approximate surface area is 108 Å². The maximum atomic E-state index is 12.1. The highest BCUT2D eigenvalue weighted by molar-refractivity contribution is 7.99. The molecule has 0 amide bonds. The number of nitrogens with one attached hydrogen (secondary N) is 1. The molecule has 2 aromatic rings. The molecular weight excluding hydrogens is 256 g/mol. The van der Waals surface area contributed by atoms with Gasteiger partial charge in [0.25, 0.3) is 5.76 Å². The molecule has 0 fully saturated rings. The predicted molar refractivity (Wildman–Crippen MR) is 68.8 cm³/mol. The Morgan fingerprint density at radius 1 is 1.33 bits per heavy atom. The van der Waals surface area contributed by atoms with Crippen molar-refractivity contribution in [2.75, 3.05) is 5.32 Å². The fraction of sp³-hybridized carbons (Fsp3) is 0.250. The van der Waals surface area contributed by atoms with E-state index in [9.17, 15) is 8.78 Å². The Balaban J connectivity index is 1.92. The van der Waals surface area contributed by atoms with Crippen LogP contribution in [0, 0.1) is 0 Å². The zero-order chi connectivity index (χ0) is 13.0. The highest BCUT2D eigenvalue weighted by Crippen LogP contribution is 2.26. The summed E-state index contributed by atoms with van der Waals surface area (Å²) in [6.07, 6.45) is 3.61. The second-order valence-electron chi connectivity index (χ2n) is 3.71. The Morgan fingerprint density at radius 2 is 2.06 bits per heavy atom. The average Bonchev–Trinajstić information content (AvgIpc) is 2.73. The maximum absolute atomic E-state index is 12.1. The minimum Gasteiger partial charge on any atom is -0.378 e. The minimum atomic E-state index is -2.38. The van der Waals surface area contributed by atoms with Crippen LogP contribution in [0.25, 0.3) is 0 Å². The summed E-state index contributed by atoms with van der Waals surface area (Å²) in [6.45, 7) is 0.602. The molecule has 1 heterocycles. The fourth-order valence-corrected chi connectivity index (χ4v) is 2.00. The van der Waals surface area contributed by atoms with Crippen LogP contribution in [0.5, 0.6) is 0 Å². The normalized spacial score (nSPS) is 10.9. The molecule has 0 saturated carbocycles. The quantitative estimate of drug-likeness (QED) is 0.844.